The Morgan fingerprint density at radius 1 is 0.973 bits per heavy atom. The molecule has 37 heavy (non-hydrogen) atoms. The number of methoxy groups -OCH3 is 1. The summed E-state index contributed by atoms with van der Waals surface area (Å²) in [6.45, 7) is 0.0428. The van der Waals surface area contributed by atoms with Crippen molar-refractivity contribution in [2.24, 2.45) is 0 Å². The Bertz CT molecular complexity index is 1470. The molecular weight excluding hydrogens is 545 g/mol. The van der Waals surface area contributed by atoms with Gasteiger partial charge in [0.2, 0.25) is 15.9 Å². The highest BCUT2D eigenvalue weighted by atomic mass is 35.5. The number of hydrogen-bond acceptors (Lipinski definition) is 6. The summed E-state index contributed by atoms with van der Waals surface area (Å²) in [5.41, 5.74) is 0.922. The van der Waals surface area contributed by atoms with Gasteiger partial charge in [-0.05, 0) is 73.2 Å². The van der Waals surface area contributed by atoms with E-state index in [0.29, 0.717) is 17.1 Å². The Labute approximate surface area is 220 Å². The number of sulfonamides is 2. The maximum atomic E-state index is 13.0. The first-order valence-corrected chi connectivity index (χ1v) is 14.6. The van der Waals surface area contributed by atoms with Crippen molar-refractivity contribution in [3.05, 3.63) is 77.6 Å². The molecule has 0 atom stereocenters. The third kappa shape index (κ3) is 7.81. The Morgan fingerprint density at radius 2 is 1.59 bits per heavy atom. The molecule has 0 aliphatic carbocycles. The molecule has 0 spiro atoms. The second-order valence-corrected chi connectivity index (χ2v) is 11.9. The monoisotopic (exact) mass is 569 g/mol. The average Bonchev–Trinajstić information content (AvgIpc) is 2.83. The normalized spacial score (nSPS) is 11.6. The van der Waals surface area contributed by atoms with E-state index in [0.717, 1.165) is 22.7 Å². The number of hydrogen-bond donors (Lipinski definition) is 2. The summed E-state index contributed by atoms with van der Waals surface area (Å²) in [5, 5.41) is 2.91. The van der Waals surface area contributed by atoms with E-state index >= 15 is 0 Å². The summed E-state index contributed by atoms with van der Waals surface area (Å²) in [7, 11) is -6.09. The van der Waals surface area contributed by atoms with E-state index in [4.69, 9.17) is 16.3 Å². The van der Waals surface area contributed by atoms with Crippen LogP contribution in [0.3, 0.4) is 0 Å². The Morgan fingerprint density at radius 3 is 2.16 bits per heavy atom. The van der Waals surface area contributed by atoms with Crippen molar-refractivity contribution in [2.45, 2.75) is 17.7 Å². The summed E-state index contributed by atoms with van der Waals surface area (Å²) in [6.07, 6.45) is 1.30. The van der Waals surface area contributed by atoms with Crippen molar-refractivity contribution >= 4 is 54.6 Å². The summed E-state index contributed by atoms with van der Waals surface area (Å²) in [6, 6.07) is 15.0. The predicted octanol–water partition coefficient (Wildman–Crippen LogP) is 4.47. The third-order valence-corrected chi connectivity index (χ3v) is 8.02. The molecule has 1 amide bonds. The van der Waals surface area contributed by atoms with E-state index in [2.05, 4.69) is 10.0 Å². The van der Waals surface area contributed by atoms with Gasteiger partial charge in [0.25, 0.3) is 10.0 Å². The first-order valence-electron chi connectivity index (χ1n) is 10.9. The van der Waals surface area contributed by atoms with Gasteiger partial charge in [0.05, 0.1) is 29.0 Å². The minimum Gasteiger partial charge on any atom is -0.495 e. The first-order chi connectivity index (χ1) is 17.4. The molecule has 0 fully saturated rings. The third-order valence-electron chi connectivity index (χ3n) is 5.13. The van der Waals surface area contributed by atoms with Crippen LogP contribution in [0.4, 0.5) is 21.5 Å². The topological polar surface area (TPSA) is 122 Å². The van der Waals surface area contributed by atoms with E-state index in [1.54, 1.807) is 12.1 Å². The molecule has 0 saturated carbocycles. The number of nitrogens with one attached hydrogen (secondary N) is 2. The van der Waals surface area contributed by atoms with Crippen molar-refractivity contribution in [3.8, 4) is 5.75 Å². The van der Waals surface area contributed by atoms with Crippen molar-refractivity contribution in [2.75, 3.05) is 34.3 Å². The fraction of sp³-hybridized carbons (Fsp3) is 0.208. The quantitative estimate of drug-likeness (QED) is 0.351. The summed E-state index contributed by atoms with van der Waals surface area (Å²) < 4.78 is 71.2. The van der Waals surface area contributed by atoms with Crippen LogP contribution in [-0.4, -0.2) is 42.7 Å². The number of carbonyl (C=O) groups is 1. The van der Waals surface area contributed by atoms with Gasteiger partial charge in [-0.2, -0.15) is 0 Å². The van der Waals surface area contributed by atoms with Crippen LogP contribution in [0.5, 0.6) is 5.75 Å². The van der Waals surface area contributed by atoms with Crippen LogP contribution in [-0.2, 0) is 24.8 Å². The van der Waals surface area contributed by atoms with Crippen LogP contribution < -0.4 is 19.1 Å². The van der Waals surface area contributed by atoms with E-state index in [-0.39, 0.29) is 40.9 Å². The standard InChI is InChI=1S/C24H25ClFN3O6S2/c1-35-23-14-11-20(16-22(23)25)29(36(2,31)32)15-3-4-24(30)27-18-9-12-21(13-10-18)37(33,34)28-19-7-5-17(26)6-8-19/h5-14,16,28H,3-4,15H2,1-2H3,(H,27,30). The van der Waals surface area contributed by atoms with E-state index < -0.39 is 25.9 Å². The molecular formula is C24H25ClFN3O6S2. The lowest BCUT2D eigenvalue weighted by molar-refractivity contribution is -0.116. The molecule has 0 unspecified atom stereocenters. The number of carbonyl (C=O) groups excluding carboxylic acids is 1. The SMILES string of the molecule is COc1ccc(N(CCCC(=O)Nc2ccc(S(=O)(=O)Nc3ccc(F)cc3)cc2)S(C)(=O)=O)cc1Cl. The van der Waals surface area contributed by atoms with Crippen molar-refractivity contribution in [1.29, 1.82) is 0 Å². The van der Waals surface area contributed by atoms with Gasteiger partial charge >= 0.3 is 0 Å². The number of anilines is 3. The maximum absolute atomic E-state index is 13.0. The number of nitrogens with zero attached hydrogens (tertiary/aromatic N) is 1. The zero-order chi connectivity index (χ0) is 27.2. The number of amides is 1. The lowest BCUT2D eigenvalue weighted by Gasteiger charge is -2.23. The van der Waals surface area contributed by atoms with Crippen LogP contribution in [0.1, 0.15) is 12.8 Å². The molecule has 0 heterocycles. The van der Waals surface area contributed by atoms with Crippen LogP contribution in [0.2, 0.25) is 5.02 Å². The zero-order valence-electron chi connectivity index (χ0n) is 19.9. The molecule has 3 aromatic rings. The molecule has 2 N–H and O–H groups in total. The van der Waals surface area contributed by atoms with Gasteiger partial charge in [-0.1, -0.05) is 11.6 Å². The first kappa shape index (κ1) is 28.2. The van der Waals surface area contributed by atoms with E-state index in [9.17, 15) is 26.0 Å². The van der Waals surface area contributed by atoms with Crippen LogP contribution in [0.15, 0.2) is 71.6 Å². The van der Waals surface area contributed by atoms with Crippen LogP contribution in [0.25, 0.3) is 0 Å². The molecule has 3 aromatic carbocycles. The Hall–Kier alpha value is -3.35. The molecule has 13 heteroatoms. The lowest BCUT2D eigenvalue weighted by Crippen LogP contribution is -2.31. The molecule has 0 aliphatic heterocycles. The largest absolute Gasteiger partial charge is 0.495 e. The molecule has 0 radical (unpaired) electrons. The molecule has 0 aliphatic rings. The highest BCUT2D eigenvalue weighted by Crippen LogP contribution is 2.30. The number of benzene rings is 3. The second-order valence-electron chi connectivity index (χ2n) is 7.94. The zero-order valence-corrected chi connectivity index (χ0v) is 22.3. The van der Waals surface area contributed by atoms with Crippen LogP contribution in [0, 0.1) is 5.82 Å². The van der Waals surface area contributed by atoms with E-state index in [1.165, 1.54) is 49.6 Å². The van der Waals surface area contributed by atoms with Gasteiger partial charge < -0.3 is 10.1 Å². The molecule has 0 saturated heterocycles. The number of ether oxygens (including phenoxy) is 1. The van der Waals surface area contributed by atoms with E-state index in [1.807, 2.05) is 0 Å². The minimum atomic E-state index is -3.91. The van der Waals surface area contributed by atoms with Gasteiger partial charge in [-0.3, -0.25) is 13.8 Å². The van der Waals surface area contributed by atoms with Crippen molar-refractivity contribution in [1.82, 2.24) is 0 Å². The summed E-state index contributed by atoms with van der Waals surface area (Å²) in [5.74, 6) is -0.457. The Balaban J connectivity index is 1.58. The smallest absolute Gasteiger partial charge is 0.261 e. The maximum Gasteiger partial charge on any atom is 0.261 e. The molecule has 198 valence electrons. The van der Waals surface area contributed by atoms with Crippen molar-refractivity contribution in [3.63, 3.8) is 0 Å². The number of rotatable bonds is 11. The summed E-state index contributed by atoms with van der Waals surface area (Å²) in [4.78, 5) is 12.3. The highest BCUT2D eigenvalue weighted by molar-refractivity contribution is 7.92. The Kier molecular flexibility index (Phi) is 9.00. The molecule has 0 bridgehead atoms. The predicted molar refractivity (Wildman–Crippen MR) is 142 cm³/mol. The van der Waals surface area contributed by atoms with Gasteiger partial charge in [-0.15, -0.1) is 0 Å². The summed E-state index contributed by atoms with van der Waals surface area (Å²) >= 11 is 6.12. The fourth-order valence-corrected chi connectivity index (χ4v) is 5.62. The van der Waals surface area contributed by atoms with Gasteiger partial charge in [0, 0.05) is 24.3 Å². The van der Waals surface area contributed by atoms with Gasteiger partial charge in [0.1, 0.15) is 11.6 Å². The molecule has 3 rings (SSSR count). The van der Waals surface area contributed by atoms with Crippen molar-refractivity contribution < 1.29 is 30.8 Å². The number of halogens is 2. The average molecular weight is 570 g/mol. The second kappa shape index (κ2) is 11.8. The van der Waals surface area contributed by atoms with Gasteiger partial charge in [0.15, 0.2) is 0 Å². The fourth-order valence-electron chi connectivity index (χ4n) is 3.35. The van der Waals surface area contributed by atoms with Crippen LogP contribution >= 0.6 is 11.6 Å². The molecule has 9 nitrogen and oxygen atoms in total. The molecule has 0 aromatic heterocycles. The lowest BCUT2D eigenvalue weighted by atomic mass is 10.2. The van der Waals surface area contributed by atoms with Gasteiger partial charge in [-0.25, -0.2) is 21.2 Å². The minimum absolute atomic E-state index is 0.0160. The highest BCUT2D eigenvalue weighted by Gasteiger charge is 2.19.